The third-order valence-corrected chi connectivity index (χ3v) is 24.1. The number of hydrogen-bond acceptors (Lipinski definition) is 14. The van der Waals surface area contributed by atoms with E-state index < -0.39 is 152 Å². The van der Waals surface area contributed by atoms with Crippen molar-refractivity contribution in [3.05, 3.63) is 299 Å². The highest BCUT2D eigenvalue weighted by atomic mass is 32.2. The Bertz CT molecular complexity index is 5520. The van der Waals surface area contributed by atoms with E-state index >= 15 is 0 Å². The van der Waals surface area contributed by atoms with E-state index in [4.69, 9.17) is 0 Å². The summed E-state index contributed by atoms with van der Waals surface area (Å²) in [7, 11) is -38.6. The van der Waals surface area contributed by atoms with Gasteiger partial charge in [0.1, 0.15) is 11.5 Å². The Labute approximate surface area is 654 Å². The Morgan fingerprint density at radius 3 is 0.802 bits per heavy atom. The van der Waals surface area contributed by atoms with Gasteiger partial charge < -0.3 is 8.37 Å². The normalized spacial score (nSPS) is 15.1. The van der Waals surface area contributed by atoms with Gasteiger partial charge in [0.15, 0.2) is 0 Å². The molecule has 0 aliphatic heterocycles. The lowest BCUT2D eigenvalue weighted by molar-refractivity contribution is -0.0505. The summed E-state index contributed by atoms with van der Waals surface area (Å²) in [6.45, 7) is 8.03. The van der Waals surface area contributed by atoms with Crippen LogP contribution < -0.4 is 27.3 Å². The quantitative estimate of drug-likeness (QED) is 0.0249. The molecule has 0 saturated carbocycles. The molecule has 0 spiro atoms. The summed E-state index contributed by atoms with van der Waals surface area (Å²) in [5, 5.41) is 3.32. The van der Waals surface area contributed by atoms with Crippen LogP contribution in [0.25, 0.3) is 21.5 Å². The predicted molar refractivity (Wildman–Crippen MR) is 395 cm³/mol. The van der Waals surface area contributed by atoms with Crippen molar-refractivity contribution in [3.63, 3.8) is 0 Å². The molecule has 0 amide bonds. The SMILES string of the molecule is C[C@@H](c1cccc2ccccc12)[C@@H](NS(=O)(=O)C(F)(F)F)c1cccc2ccccc12.C[C@H](c1ccccc1)[C@H](C)c1ccccc1.C[C@H](c1ccccc1)[C@H](NS(=O)(=O)C(F)(F)F)c1ccccc1.O=S(=O)(N[C@H](c1ccccc1OS(=O)(=O)C(F)(F)F)[C@H](NS(=O)(=O)C(F)(F)F)c1ccccc1OS(=O)(=O)C(F)(F)F)C(F)(F)F. The van der Waals surface area contributed by atoms with Crippen molar-refractivity contribution in [2.75, 3.05) is 0 Å². The summed E-state index contributed by atoms with van der Waals surface area (Å²) >= 11 is 0. The van der Waals surface area contributed by atoms with E-state index in [0.29, 0.717) is 62.1 Å². The van der Waals surface area contributed by atoms with Gasteiger partial charge in [-0.15, -0.1) is 0 Å². The zero-order valence-electron chi connectivity index (χ0n) is 59.8. The molecule has 42 heteroatoms. The minimum absolute atomic E-state index is 0.166. The molecule has 0 aliphatic rings. The lowest BCUT2D eigenvalue weighted by Crippen LogP contribution is -2.47. The van der Waals surface area contributed by atoms with Gasteiger partial charge in [-0.05, 0) is 78.9 Å². The molecule has 0 bridgehead atoms. The molecule has 8 atom stereocenters. The summed E-state index contributed by atoms with van der Waals surface area (Å²) < 4.78 is 391. The molecular formula is C74H66F18N4O14S6. The van der Waals surface area contributed by atoms with Gasteiger partial charge in [-0.25, -0.2) is 33.7 Å². The van der Waals surface area contributed by atoms with E-state index in [-0.39, 0.29) is 24.3 Å². The van der Waals surface area contributed by atoms with E-state index in [2.05, 4.69) is 82.9 Å². The zero-order valence-corrected chi connectivity index (χ0v) is 64.7. The largest absolute Gasteiger partial charge is 0.534 e. The van der Waals surface area contributed by atoms with Gasteiger partial charge in [-0.1, -0.05) is 270 Å². The highest BCUT2D eigenvalue weighted by Crippen LogP contribution is 2.46. The average molecular weight is 1770 g/mol. The van der Waals surface area contributed by atoms with E-state index in [1.165, 1.54) is 11.1 Å². The van der Waals surface area contributed by atoms with Gasteiger partial charge in [0.2, 0.25) is 0 Å². The van der Waals surface area contributed by atoms with Gasteiger partial charge in [-0.3, -0.25) is 0 Å². The fraction of sp³-hybridized carbons (Fsp3) is 0.243. The second-order valence-electron chi connectivity index (χ2n) is 25.2. The van der Waals surface area contributed by atoms with Crippen molar-refractivity contribution in [1.82, 2.24) is 18.9 Å². The lowest BCUT2D eigenvalue weighted by atomic mass is 9.84. The predicted octanol–water partition coefficient (Wildman–Crippen LogP) is 18.6. The van der Waals surface area contributed by atoms with Crippen molar-refractivity contribution in [2.45, 2.75) is 109 Å². The molecule has 116 heavy (non-hydrogen) atoms. The molecule has 0 radical (unpaired) electrons. The topological polar surface area (TPSA) is 271 Å². The second kappa shape index (κ2) is 37.0. The first-order valence-electron chi connectivity index (χ1n) is 33.2. The number of alkyl halides is 18. The smallest absolute Gasteiger partial charge is 0.376 e. The van der Waals surface area contributed by atoms with Crippen LogP contribution in [0, 0.1) is 0 Å². The maximum atomic E-state index is 13.4. The van der Waals surface area contributed by atoms with Crippen LogP contribution in [-0.4, -0.2) is 83.6 Å². The molecule has 0 aromatic heterocycles. The first-order chi connectivity index (χ1) is 53.5. The maximum Gasteiger partial charge on any atom is 0.534 e. The van der Waals surface area contributed by atoms with Gasteiger partial charge in [0.05, 0.1) is 24.2 Å². The standard InChI is InChI=1S/C24H20F3NO2S.C18H12F12N2O10S4.C16H16F3NO2S.C16H18/c1-16(19-14-6-10-17-8-2-4-12-20(17)19)23(28-31(29,30)24(25,26)27)22-15-7-11-18-9-3-5-13-21(18)22;19-15(20,21)43(33,34)31-13(9-5-1-3-7-11(9)41-45(37,38)17(25,26)27)14(32-44(35,36)16(22,23)24)10-6-2-4-8-12(10)42-46(39,40)18(28,29)30;1-12(13-8-4-2-5-9-13)15(14-10-6-3-7-11-14)20-23(21,22)16(17,18)19;1-13(15-9-5-3-6-10-15)14(2)16-11-7-4-8-12-16/h2-16,23,28H,1H3;1-8,13-14,31-32H;2-12,15,20H,1H3;3-14H,1-2H3/t16-,23+;13-,14-;12-,15+;13-,14-/m0110/s1. The van der Waals surface area contributed by atoms with Gasteiger partial charge in [0.25, 0.3) is 0 Å². The molecule has 0 aliphatic carbocycles. The average Bonchev–Trinajstić information content (AvgIpc) is 0.764. The van der Waals surface area contributed by atoms with Crippen LogP contribution in [-0.2, 0) is 60.3 Å². The molecule has 0 saturated heterocycles. The number of hydrogen-bond donors (Lipinski definition) is 4. The minimum atomic E-state index is -6.98. The Kier molecular flexibility index (Phi) is 29.9. The Morgan fingerprint density at radius 2 is 0.474 bits per heavy atom. The molecule has 10 aromatic carbocycles. The molecule has 0 heterocycles. The number of halogens is 18. The maximum absolute atomic E-state index is 13.4. The van der Waals surface area contributed by atoms with Crippen LogP contribution in [0.1, 0.15) is 120 Å². The van der Waals surface area contributed by atoms with Gasteiger partial charge in [0, 0.05) is 23.0 Å². The van der Waals surface area contributed by atoms with Crippen molar-refractivity contribution < 1.29 is 138 Å². The highest BCUT2D eigenvalue weighted by molar-refractivity contribution is 7.91. The molecule has 0 unspecified atom stereocenters. The minimum Gasteiger partial charge on any atom is -0.376 e. The molecule has 10 aromatic rings. The van der Waals surface area contributed by atoms with Crippen LogP contribution in [0.5, 0.6) is 11.5 Å². The van der Waals surface area contributed by atoms with Crippen molar-refractivity contribution in [2.24, 2.45) is 0 Å². The Morgan fingerprint density at radius 1 is 0.233 bits per heavy atom. The van der Waals surface area contributed by atoms with Crippen molar-refractivity contribution in [3.8, 4) is 11.5 Å². The third-order valence-electron chi connectivity index (χ3n) is 17.5. The number of benzene rings is 10. The fourth-order valence-electron chi connectivity index (χ4n) is 11.5. The summed E-state index contributed by atoms with van der Waals surface area (Å²) in [5.41, 5.74) is -34.3. The first kappa shape index (κ1) is 93.8. The molecule has 4 N–H and O–H groups in total. The second-order valence-corrected chi connectivity index (χ2v) is 35.1. The van der Waals surface area contributed by atoms with Crippen LogP contribution in [0.15, 0.2) is 255 Å². The van der Waals surface area contributed by atoms with E-state index in [1.807, 2.05) is 65.4 Å². The van der Waals surface area contributed by atoms with Crippen LogP contribution in [0.4, 0.5) is 79.0 Å². The van der Waals surface area contributed by atoms with E-state index in [9.17, 15) is 130 Å². The summed E-state index contributed by atoms with van der Waals surface area (Å²) in [4.78, 5) is 0. The number of fused-ring (bicyclic) bond motifs is 2. The Hall–Kier alpha value is -9.40. The highest BCUT2D eigenvalue weighted by Gasteiger charge is 2.55. The number of rotatable bonds is 24. The van der Waals surface area contributed by atoms with Crippen LogP contribution in [0.3, 0.4) is 0 Å². The van der Waals surface area contributed by atoms with Crippen LogP contribution in [0.2, 0.25) is 0 Å². The zero-order chi connectivity index (χ0) is 86.6. The summed E-state index contributed by atoms with van der Waals surface area (Å²) in [5.74, 6) is -3.56. The first-order valence-corrected chi connectivity index (χ1v) is 42.0. The molecule has 628 valence electrons. The summed E-state index contributed by atoms with van der Waals surface area (Å²) in [6.07, 6.45) is 0. The summed E-state index contributed by atoms with van der Waals surface area (Å²) in [6, 6.07) is 58.1. The van der Waals surface area contributed by atoms with Gasteiger partial charge >= 0.3 is 93.4 Å². The third kappa shape index (κ3) is 23.5. The lowest BCUT2D eigenvalue weighted by Gasteiger charge is -2.31. The van der Waals surface area contributed by atoms with Crippen molar-refractivity contribution in [1.29, 1.82) is 0 Å². The Balaban J connectivity index is 0.000000229. The number of para-hydroxylation sites is 2. The fourth-order valence-corrected chi connectivity index (χ4v) is 15.5. The molecule has 0 fully saturated rings. The molecule has 18 nitrogen and oxygen atoms in total. The van der Waals surface area contributed by atoms with Gasteiger partial charge in [-0.2, -0.15) is 115 Å². The van der Waals surface area contributed by atoms with E-state index in [0.717, 1.165) is 27.3 Å². The molecule has 10 rings (SSSR count). The van der Waals surface area contributed by atoms with Crippen molar-refractivity contribution >= 4 is 81.9 Å². The van der Waals surface area contributed by atoms with Crippen LogP contribution >= 0.6 is 0 Å². The number of sulfonamides is 4. The monoisotopic (exact) mass is 1770 g/mol. The number of nitrogens with one attached hydrogen (secondary N) is 4. The van der Waals surface area contributed by atoms with E-state index in [1.54, 1.807) is 103 Å². The molecular weight excluding hydrogens is 1700 g/mol.